The molecule has 7 heteroatoms. The number of aromatic nitrogens is 1. The molecule has 0 atom stereocenters. The second kappa shape index (κ2) is 8.02. The van der Waals surface area contributed by atoms with Crippen molar-refractivity contribution in [3.63, 3.8) is 0 Å². The van der Waals surface area contributed by atoms with E-state index in [1.54, 1.807) is 18.2 Å². The first-order valence-corrected chi connectivity index (χ1v) is 9.81. The van der Waals surface area contributed by atoms with E-state index < -0.39 is 29.5 Å². The van der Waals surface area contributed by atoms with Crippen molar-refractivity contribution in [2.24, 2.45) is 5.92 Å². The molecule has 154 valence electrons. The van der Waals surface area contributed by atoms with Crippen LogP contribution < -0.4 is 10.3 Å². The molecule has 0 radical (unpaired) electrons. The average Bonchev–Trinajstić information content (AvgIpc) is 3.54. The summed E-state index contributed by atoms with van der Waals surface area (Å²) in [6.45, 7) is 0.434. The Morgan fingerprint density at radius 3 is 2.43 bits per heavy atom. The number of para-hydroxylation sites is 1. The minimum atomic E-state index is -1.13. The van der Waals surface area contributed by atoms with Crippen molar-refractivity contribution in [2.45, 2.75) is 32.2 Å². The summed E-state index contributed by atoms with van der Waals surface area (Å²) >= 11 is 0. The van der Waals surface area contributed by atoms with E-state index in [4.69, 9.17) is 9.84 Å². The molecule has 1 heterocycles. The Bertz CT molecular complexity index is 1180. The van der Waals surface area contributed by atoms with Gasteiger partial charge in [-0.25, -0.2) is 0 Å². The second-order valence-corrected chi connectivity index (χ2v) is 7.49. The highest BCUT2D eigenvalue weighted by molar-refractivity contribution is 6.04. The molecule has 30 heavy (non-hydrogen) atoms. The number of hydrogen-bond acceptors (Lipinski definition) is 5. The number of nitrogens with zero attached hydrogens (tertiary/aromatic N) is 1. The number of fused-ring (bicyclic) bond motifs is 1. The maximum Gasteiger partial charge on any atom is 0.303 e. The molecule has 0 saturated heterocycles. The van der Waals surface area contributed by atoms with Gasteiger partial charge in [-0.15, -0.1) is 0 Å². The number of hydrogen-bond donors (Lipinski definition) is 2. The van der Waals surface area contributed by atoms with Crippen LogP contribution in [0.3, 0.4) is 0 Å². The Balaban J connectivity index is 1.81. The second-order valence-electron chi connectivity index (χ2n) is 7.49. The molecule has 1 saturated carbocycles. The number of carboxylic acid groups (broad SMARTS) is 1. The lowest BCUT2D eigenvalue weighted by Crippen LogP contribution is -2.28. The summed E-state index contributed by atoms with van der Waals surface area (Å²) in [7, 11) is 0. The van der Waals surface area contributed by atoms with Crippen molar-refractivity contribution in [3.8, 4) is 17.2 Å². The number of aromatic hydroxyl groups is 1. The molecule has 2 aromatic carbocycles. The van der Waals surface area contributed by atoms with Crippen LogP contribution in [0.15, 0.2) is 53.3 Å². The highest BCUT2D eigenvalue weighted by atomic mass is 16.5. The number of pyridine rings is 1. The predicted octanol–water partition coefficient (Wildman–Crippen LogP) is 3.96. The van der Waals surface area contributed by atoms with Crippen LogP contribution in [0.25, 0.3) is 10.9 Å². The smallest absolute Gasteiger partial charge is 0.303 e. The van der Waals surface area contributed by atoms with Crippen molar-refractivity contribution in [1.82, 2.24) is 4.57 Å². The number of carbonyl (C=O) groups is 2. The van der Waals surface area contributed by atoms with E-state index in [0.29, 0.717) is 34.9 Å². The van der Waals surface area contributed by atoms with Gasteiger partial charge < -0.3 is 19.5 Å². The molecule has 4 rings (SSSR count). The number of ether oxygens (including phenoxy) is 1. The normalized spacial score (nSPS) is 13.3. The van der Waals surface area contributed by atoms with Crippen molar-refractivity contribution >= 4 is 22.7 Å². The average molecular weight is 407 g/mol. The van der Waals surface area contributed by atoms with Crippen LogP contribution in [0.4, 0.5) is 0 Å². The van der Waals surface area contributed by atoms with Gasteiger partial charge in [-0.3, -0.25) is 14.4 Å². The van der Waals surface area contributed by atoms with Crippen LogP contribution in [-0.4, -0.2) is 26.5 Å². The number of rotatable bonds is 8. The van der Waals surface area contributed by atoms with Crippen molar-refractivity contribution < 1.29 is 24.5 Å². The van der Waals surface area contributed by atoms with Crippen molar-refractivity contribution in [3.05, 3.63) is 64.4 Å². The van der Waals surface area contributed by atoms with Crippen molar-refractivity contribution in [2.75, 3.05) is 0 Å². The van der Waals surface area contributed by atoms with E-state index >= 15 is 0 Å². The fourth-order valence-corrected chi connectivity index (χ4v) is 3.44. The first-order valence-electron chi connectivity index (χ1n) is 9.81. The molecule has 2 N–H and O–H groups in total. The van der Waals surface area contributed by atoms with Gasteiger partial charge in [-0.2, -0.15) is 0 Å². The lowest BCUT2D eigenvalue weighted by molar-refractivity contribution is -0.136. The number of ketones is 1. The van der Waals surface area contributed by atoms with Gasteiger partial charge in [0.15, 0.2) is 5.78 Å². The molecule has 1 aliphatic carbocycles. The van der Waals surface area contributed by atoms with Gasteiger partial charge in [0, 0.05) is 24.4 Å². The minimum absolute atomic E-state index is 0.344. The Kier molecular flexibility index (Phi) is 5.27. The van der Waals surface area contributed by atoms with Crippen LogP contribution in [0.1, 0.15) is 36.0 Å². The van der Waals surface area contributed by atoms with Crippen molar-refractivity contribution in [1.29, 1.82) is 0 Å². The van der Waals surface area contributed by atoms with Crippen LogP contribution >= 0.6 is 0 Å². The summed E-state index contributed by atoms with van der Waals surface area (Å²) in [4.78, 5) is 36.5. The van der Waals surface area contributed by atoms with Gasteiger partial charge in [0.25, 0.3) is 5.56 Å². The molecule has 0 amide bonds. The summed E-state index contributed by atoms with van der Waals surface area (Å²) in [6.07, 6.45) is 1.25. The maximum atomic E-state index is 13.1. The predicted molar refractivity (Wildman–Crippen MR) is 110 cm³/mol. The Labute approximate surface area is 172 Å². The zero-order valence-corrected chi connectivity index (χ0v) is 16.2. The topological polar surface area (TPSA) is 106 Å². The molecule has 1 aromatic heterocycles. The summed E-state index contributed by atoms with van der Waals surface area (Å²) in [6, 6.07) is 14.1. The highest BCUT2D eigenvalue weighted by Crippen LogP contribution is 2.35. The summed E-state index contributed by atoms with van der Waals surface area (Å²) in [5.74, 6) is -0.736. The number of benzene rings is 2. The fourth-order valence-electron chi connectivity index (χ4n) is 3.44. The first kappa shape index (κ1) is 19.7. The third kappa shape index (κ3) is 4.05. The Morgan fingerprint density at radius 1 is 1.03 bits per heavy atom. The van der Waals surface area contributed by atoms with Crippen LogP contribution in [0.2, 0.25) is 0 Å². The standard InChI is InChI=1S/C23H21NO6/c25-19(10-11-20(26)27)21-22(28)17-9-8-16(30-15-4-2-1-3-5-15)12-18(17)24(23(21)29)13-14-6-7-14/h1-5,8-9,12,14,28H,6-7,10-11,13H2,(H,26,27). The monoisotopic (exact) mass is 407 g/mol. The van der Waals surface area contributed by atoms with Gasteiger partial charge >= 0.3 is 5.97 Å². The zero-order valence-electron chi connectivity index (χ0n) is 16.2. The lowest BCUT2D eigenvalue weighted by atomic mass is 10.0. The van der Waals surface area contributed by atoms with E-state index in [1.807, 2.05) is 30.3 Å². The molecule has 3 aromatic rings. The molecule has 1 aliphatic rings. The number of carbonyl (C=O) groups excluding carboxylic acids is 1. The highest BCUT2D eigenvalue weighted by Gasteiger charge is 2.27. The van der Waals surface area contributed by atoms with Gasteiger partial charge in [0.2, 0.25) is 0 Å². The fraction of sp³-hybridized carbons (Fsp3) is 0.261. The van der Waals surface area contributed by atoms with E-state index in [1.165, 1.54) is 4.57 Å². The molecule has 0 aliphatic heterocycles. The summed E-state index contributed by atoms with van der Waals surface area (Å²) < 4.78 is 7.35. The molecule has 7 nitrogen and oxygen atoms in total. The van der Waals surface area contributed by atoms with Crippen LogP contribution in [0, 0.1) is 5.92 Å². The molecule has 1 fully saturated rings. The van der Waals surface area contributed by atoms with Gasteiger partial charge in [-0.05, 0) is 43.0 Å². The van der Waals surface area contributed by atoms with E-state index in [-0.39, 0.29) is 12.0 Å². The van der Waals surface area contributed by atoms with E-state index in [2.05, 4.69) is 0 Å². The Morgan fingerprint density at radius 2 is 1.77 bits per heavy atom. The third-order valence-electron chi connectivity index (χ3n) is 5.17. The largest absolute Gasteiger partial charge is 0.506 e. The molecule has 0 bridgehead atoms. The van der Waals surface area contributed by atoms with Gasteiger partial charge in [0.1, 0.15) is 22.8 Å². The van der Waals surface area contributed by atoms with Crippen LogP contribution in [-0.2, 0) is 11.3 Å². The molecular formula is C23H21NO6. The third-order valence-corrected chi connectivity index (χ3v) is 5.17. The maximum absolute atomic E-state index is 13.1. The molecule has 0 unspecified atom stereocenters. The Hall–Kier alpha value is -3.61. The van der Waals surface area contributed by atoms with Gasteiger partial charge in [0.05, 0.1) is 11.9 Å². The summed E-state index contributed by atoms with van der Waals surface area (Å²) in [5, 5.41) is 19.9. The van der Waals surface area contributed by atoms with Crippen LogP contribution in [0.5, 0.6) is 17.2 Å². The molecular weight excluding hydrogens is 386 g/mol. The quantitative estimate of drug-likeness (QED) is 0.548. The summed E-state index contributed by atoms with van der Waals surface area (Å²) in [5.41, 5.74) is -0.465. The number of carboxylic acids is 1. The van der Waals surface area contributed by atoms with E-state index in [0.717, 1.165) is 12.8 Å². The SMILES string of the molecule is O=C(O)CCC(=O)c1c(O)c2ccc(Oc3ccccc3)cc2n(CC2CC2)c1=O. The minimum Gasteiger partial charge on any atom is -0.506 e. The van der Waals surface area contributed by atoms with E-state index in [9.17, 15) is 19.5 Å². The van der Waals surface area contributed by atoms with Gasteiger partial charge in [-0.1, -0.05) is 18.2 Å². The number of Topliss-reactive ketones (excluding diaryl/α,β-unsaturated/α-hetero) is 1. The zero-order chi connectivity index (χ0) is 21.3. The first-order chi connectivity index (χ1) is 14.4. The molecule has 0 spiro atoms. The number of aliphatic carboxylic acids is 1. The lowest BCUT2D eigenvalue weighted by Gasteiger charge is -2.15.